The highest BCUT2D eigenvalue weighted by molar-refractivity contribution is 5.78. The van der Waals surface area contributed by atoms with Crippen LogP contribution in [0.15, 0.2) is 6.07 Å². The van der Waals surface area contributed by atoms with Crippen LogP contribution in [0.2, 0.25) is 0 Å². The summed E-state index contributed by atoms with van der Waals surface area (Å²) in [6.07, 6.45) is 0.227. The SMILES string of the molecule is Cc1c(C(C)O)cc2c(c1C)OCCC2NC(=O)C(C)C. The second-order valence-corrected chi connectivity index (χ2v) is 6.16. The van der Waals surface area contributed by atoms with E-state index in [4.69, 9.17) is 4.74 Å². The molecule has 1 aromatic rings. The molecule has 4 heteroatoms. The van der Waals surface area contributed by atoms with Crippen LogP contribution >= 0.6 is 0 Å². The van der Waals surface area contributed by atoms with Crippen molar-refractivity contribution in [1.29, 1.82) is 0 Å². The van der Waals surface area contributed by atoms with Crippen molar-refractivity contribution in [3.63, 3.8) is 0 Å². The molecule has 1 heterocycles. The van der Waals surface area contributed by atoms with E-state index in [1.54, 1.807) is 6.92 Å². The summed E-state index contributed by atoms with van der Waals surface area (Å²) in [5, 5.41) is 13.0. The zero-order valence-electron chi connectivity index (χ0n) is 13.5. The van der Waals surface area contributed by atoms with Gasteiger partial charge in [-0.3, -0.25) is 4.79 Å². The predicted molar refractivity (Wildman–Crippen MR) is 82.4 cm³/mol. The number of amides is 1. The highest BCUT2D eigenvalue weighted by atomic mass is 16.5. The average Bonchev–Trinajstić information content (AvgIpc) is 2.42. The molecular formula is C17H25NO3. The van der Waals surface area contributed by atoms with Gasteiger partial charge in [-0.15, -0.1) is 0 Å². The van der Waals surface area contributed by atoms with Crippen LogP contribution < -0.4 is 10.1 Å². The minimum Gasteiger partial charge on any atom is -0.493 e. The minimum atomic E-state index is -0.530. The van der Waals surface area contributed by atoms with E-state index in [-0.39, 0.29) is 17.9 Å². The topological polar surface area (TPSA) is 58.6 Å². The van der Waals surface area contributed by atoms with E-state index >= 15 is 0 Å². The lowest BCUT2D eigenvalue weighted by Gasteiger charge is -2.30. The molecule has 2 rings (SSSR count). The molecule has 0 radical (unpaired) electrons. The molecule has 1 aliphatic rings. The molecule has 2 N–H and O–H groups in total. The van der Waals surface area contributed by atoms with Crippen molar-refractivity contribution in [2.24, 2.45) is 5.92 Å². The van der Waals surface area contributed by atoms with Gasteiger partial charge in [-0.1, -0.05) is 13.8 Å². The Balaban J connectivity index is 2.44. The lowest BCUT2D eigenvalue weighted by molar-refractivity contribution is -0.124. The smallest absolute Gasteiger partial charge is 0.223 e. The van der Waals surface area contributed by atoms with E-state index in [9.17, 15) is 9.90 Å². The molecule has 21 heavy (non-hydrogen) atoms. The van der Waals surface area contributed by atoms with Gasteiger partial charge in [-0.25, -0.2) is 0 Å². The molecule has 4 nitrogen and oxygen atoms in total. The Morgan fingerprint density at radius 2 is 2.00 bits per heavy atom. The first-order chi connectivity index (χ1) is 9.82. The Labute approximate surface area is 126 Å². The van der Waals surface area contributed by atoms with Gasteiger partial charge in [-0.2, -0.15) is 0 Å². The molecule has 1 aliphatic heterocycles. The third kappa shape index (κ3) is 3.05. The Kier molecular flexibility index (Phi) is 4.57. The van der Waals surface area contributed by atoms with E-state index in [0.29, 0.717) is 6.61 Å². The monoisotopic (exact) mass is 291 g/mol. The van der Waals surface area contributed by atoms with Crippen LogP contribution in [-0.4, -0.2) is 17.6 Å². The van der Waals surface area contributed by atoms with Gasteiger partial charge in [0.1, 0.15) is 5.75 Å². The fourth-order valence-electron chi connectivity index (χ4n) is 2.75. The standard InChI is InChI=1S/C17H25NO3/c1-9(2)17(20)18-15-6-7-21-16-11(4)10(3)13(12(5)19)8-14(15)16/h8-9,12,15,19H,6-7H2,1-5H3,(H,18,20). The lowest BCUT2D eigenvalue weighted by atomic mass is 9.90. The number of nitrogens with one attached hydrogen (secondary N) is 1. The van der Waals surface area contributed by atoms with Gasteiger partial charge < -0.3 is 15.2 Å². The predicted octanol–water partition coefficient (Wildman–Crippen LogP) is 2.95. The Bertz CT molecular complexity index is 549. The first-order valence-electron chi connectivity index (χ1n) is 7.58. The number of hydrogen-bond acceptors (Lipinski definition) is 3. The summed E-state index contributed by atoms with van der Waals surface area (Å²) in [4.78, 5) is 12.0. The number of aliphatic hydroxyl groups excluding tert-OH is 1. The van der Waals surface area contributed by atoms with Crippen LogP contribution in [0.4, 0.5) is 0 Å². The molecular weight excluding hydrogens is 266 g/mol. The second-order valence-electron chi connectivity index (χ2n) is 6.16. The van der Waals surface area contributed by atoms with Crippen LogP contribution in [-0.2, 0) is 4.79 Å². The molecule has 2 unspecified atom stereocenters. The Morgan fingerprint density at radius 3 is 2.57 bits per heavy atom. The quantitative estimate of drug-likeness (QED) is 0.900. The second kappa shape index (κ2) is 6.06. The zero-order valence-corrected chi connectivity index (χ0v) is 13.5. The minimum absolute atomic E-state index is 0.0413. The Morgan fingerprint density at radius 1 is 1.33 bits per heavy atom. The van der Waals surface area contributed by atoms with E-state index in [2.05, 4.69) is 5.32 Å². The highest BCUT2D eigenvalue weighted by Crippen LogP contribution is 2.39. The van der Waals surface area contributed by atoms with Gasteiger partial charge in [0.2, 0.25) is 5.91 Å². The van der Waals surface area contributed by atoms with Gasteiger partial charge in [0.15, 0.2) is 0 Å². The van der Waals surface area contributed by atoms with Gasteiger partial charge in [0.25, 0.3) is 0 Å². The molecule has 116 valence electrons. The molecule has 0 saturated carbocycles. The molecule has 0 aromatic heterocycles. The van der Waals surface area contributed by atoms with Gasteiger partial charge >= 0.3 is 0 Å². The number of fused-ring (bicyclic) bond motifs is 1. The summed E-state index contributed by atoms with van der Waals surface area (Å²) in [6.45, 7) is 10.1. The van der Waals surface area contributed by atoms with E-state index in [0.717, 1.165) is 34.4 Å². The van der Waals surface area contributed by atoms with Crippen molar-refractivity contribution in [3.05, 3.63) is 28.3 Å². The van der Waals surface area contributed by atoms with E-state index < -0.39 is 6.10 Å². The van der Waals surface area contributed by atoms with Crippen molar-refractivity contribution in [3.8, 4) is 5.75 Å². The van der Waals surface area contributed by atoms with Crippen molar-refractivity contribution in [1.82, 2.24) is 5.32 Å². The fourth-order valence-corrected chi connectivity index (χ4v) is 2.75. The third-order valence-electron chi connectivity index (χ3n) is 4.23. The number of carbonyl (C=O) groups is 1. The number of hydrogen-bond donors (Lipinski definition) is 2. The van der Waals surface area contributed by atoms with Crippen LogP contribution in [0, 0.1) is 19.8 Å². The lowest BCUT2D eigenvalue weighted by Crippen LogP contribution is -2.35. The first kappa shape index (κ1) is 15.8. The van der Waals surface area contributed by atoms with Crippen molar-refractivity contribution >= 4 is 5.91 Å². The summed E-state index contributed by atoms with van der Waals surface area (Å²) >= 11 is 0. The summed E-state index contributed by atoms with van der Waals surface area (Å²) in [6, 6.07) is 1.94. The molecule has 2 atom stereocenters. The number of ether oxygens (including phenoxy) is 1. The van der Waals surface area contributed by atoms with E-state index in [1.165, 1.54) is 0 Å². The molecule has 0 spiro atoms. The van der Waals surface area contributed by atoms with Crippen molar-refractivity contribution in [2.75, 3.05) is 6.61 Å². The first-order valence-corrected chi connectivity index (χ1v) is 7.58. The fraction of sp³-hybridized carbons (Fsp3) is 0.588. The van der Waals surface area contributed by atoms with Crippen LogP contribution in [0.1, 0.15) is 61.6 Å². The maximum atomic E-state index is 12.0. The van der Waals surface area contributed by atoms with Gasteiger partial charge in [0.05, 0.1) is 18.8 Å². The third-order valence-corrected chi connectivity index (χ3v) is 4.23. The maximum Gasteiger partial charge on any atom is 0.223 e. The zero-order chi connectivity index (χ0) is 15.7. The molecule has 1 amide bonds. The number of rotatable bonds is 3. The van der Waals surface area contributed by atoms with Gasteiger partial charge in [-0.05, 0) is 43.5 Å². The number of benzene rings is 1. The van der Waals surface area contributed by atoms with Gasteiger partial charge in [0, 0.05) is 17.9 Å². The number of carbonyl (C=O) groups excluding carboxylic acids is 1. The summed E-state index contributed by atoms with van der Waals surface area (Å²) in [5.41, 5.74) is 3.99. The van der Waals surface area contributed by atoms with Crippen molar-refractivity contribution in [2.45, 2.75) is 53.2 Å². The molecule has 0 saturated heterocycles. The van der Waals surface area contributed by atoms with E-state index in [1.807, 2.05) is 33.8 Å². The number of aliphatic hydroxyl groups is 1. The molecule has 1 aromatic carbocycles. The van der Waals surface area contributed by atoms with Crippen LogP contribution in [0.25, 0.3) is 0 Å². The van der Waals surface area contributed by atoms with Crippen LogP contribution in [0.5, 0.6) is 5.75 Å². The summed E-state index contributed by atoms with van der Waals surface area (Å²) in [5.74, 6) is 0.862. The van der Waals surface area contributed by atoms with Crippen LogP contribution in [0.3, 0.4) is 0 Å². The molecule has 0 bridgehead atoms. The normalized spacial score (nSPS) is 18.9. The van der Waals surface area contributed by atoms with Crippen molar-refractivity contribution < 1.29 is 14.6 Å². The average molecular weight is 291 g/mol. The highest BCUT2D eigenvalue weighted by Gasteiger charge is 2.27. The largest absolute Gasteiger partial charge is 0.493 e. The Hall–Kier alpha value is -1.55. The maximum absolute atomic E-state index is 12.0. The summed E-state index contributed by atoms with van der Waals surface area (Å²) in [7, 11) is 0. The molecule has 0 fully saturated rings. The summed E-state index contributed by atoms with van der Waals surface area (Å²) < 4.78 is 5.81. The molecule has 0 aliphatic carbocycles.